The number of hydrogen-bond acceptors (Lipinski definition) is 7. The minimum absolute atomic E-state index is 0.0332. The van der Waals surface area contributed by atoms with Crippen LogP contribution in [0.1, 0.15) is 51.9 Å². The quantitative estimate of drug-likeness (QED) is 0.543. The maximum atomic E-state index is 12.7. The third-order valence-corrected chi connectivity index (χ3v) is 3.72. The lowest BCUT2D eigenvalue weighted by molar-refractivity contribution is -0.0171. The van der Waals surface area contributed by atoms with E-state index in [4.69, 9.17) is 9.57 Å². The highest BCUT2D eigenvalue weighted by Crippen LogP contribution is 2.26. The van der Waals surface area contributed by atoms with E-state index < -0.39 is 17.2 Å². The highest BCUT2D eigenvalue weighted by molar-refractivity contribution is 6.08. The molecular weight excluding hydrogens is 362 g/mol. The van der Waals surface area contributed by atoms with E-state index >= 15 is 0 Å². The molecule has 3 rings (SSSR count). The molecule has 0 aliphatic heterocycles. The van der Waals surface area contributed by atoms with E-state index in [1.54, 1.807) is 33.2 Å². The lowest BCUT2D eigenvalue weighted by Crippen LogP contribution is -2.30. The Balaban J connectivity index is 1.88. The van der Waals surface area contributed by atoms with Crippen molar-refractivity contribution in [2.45, 2.75) is 47.1 Å². The van der Waals surface area contributed by atoms with Crippen LogP contribution in [0.15, 0.2) is 24.8 Å². The van der Waals surface area contributed by atoms with Gasteiger partial charge in [0.05, 0.1) is 29.8 Å². The number of carbonyl (C=O) groups is 2. The standard InChI is InChI=1S/C19H23N5O4/c1-18(2,3)15(25)12-8-20-16-14(12)23-13(9-21-16)11-7-22-24(10-11)28-17(26)27-19(4,5)6/h7-10H,1-6H3,(H,20,21). The summed E-state index contributed by atoms with van der Waals surface area (Å²) in [6.45, 7) is 10.8. The number of aromatic amines is 1. The highest BCUT2D eigenvalue weighted by Gasteiger charge is 2.26. The summed E-state index contributed by atoms with van der Waals surface area (Å²) in [7, 11) is 0. The van der Waals surface area contributed by atoms with Crippen molar-refractivity contribution in [1.82, 2.24) is 24.9 Å². The second kappa shape index (κ2) is 6.74. The number of Topliss-reactive ketones (excluding diaryl/α,β-unsaturated/α-hetero) is 1. The largest absolute Gasteiger partial charge is 0.535 e. The van der Waals surface area contributed by atoms with Gasteiger partial charge in [-0.2, -0.15) is 0 Å². The number of hydrogen-bond donors (Lipinski definition) is 1. The maximum absolute atomic E-state index is 12.7. The number of rotatable bonds is 3. The topological polar surface area (TPSA) is 112 Å². The number of nitrogens with zero attached hydrogens (tertiary/aromatic N) is 4. The molecule has 0 spiro atoms. The van der Waals surface area contributed by atoms with Gasteiger partial charge < -0.3 is 9.72 Å². The van der Waals surface area contributed by atoms with Gasteiger partial charge in [-0.05, 0) is 20.8 Å². The molecule has 0 aliphatic rings. The van der Waals surface area contributed by atoms with Crippen molar-refractivity contribution in [2.75, 3.05) is 0 Å². The monoisotopic (exact) mass is 385 g/mol. The molecule has 0 saturated carbocycles. The predicted molar refractivity (Wildman–Crippen MR) is 102 cm³/mol. The van der Waals surface area contributed by atoms with Gasteiger partial charge in [-0.25, -0.2) is 14.8 Å². The maximum Gasteiger partial charge on any atom is 0.535 e. The molecule has 0 saturated heterocycles. The number of nitrogens with one attached hydrogen (secondary N) is 1. The van der Waals surface area contributed by atoms with Crippen LogP contribution in [0, 0.1) is 5.41 Å². The minimum atomic E-state index is -0.868. The normalized spacial score (nSPS) is 12.2. The number of ether oxygens (including phenoxy) is 1. The smallest absolute Gasteiger partial charge is 0.427 e. The average Bonchev–Trinajstić information content (AvgIpc) is 3.17. The molecular formula is C19H23N5O4. The fraction of sp³-hybridized carbons (Fsp3) is 0.421. The van der Waals surface area contributed by atoms with Crippen molar-refractivity contribution < 1.29 is 19.2 Å². The van der Waals surface area contributed by atoms with Gasteiger partial charge in [-0.15, -0.1) is 5.10 Å². The predicted octanol–water partition coefficient (Wildman–Crippen LogP) is 3.41. The summed E-state index contributed by atoms with van der Waals surface area (Å²) >= 11 is 0. The van der Waals surface area contributed by atoms with Crippen LogP contribution in [0.4, 0.5) is 4.79 Å². The second-order valence-corrected chi connectivity index (χ2v) is 8.42. The fourth-order valence-electron chi connectivity index (χ4n) is 2.44. The van der Waals surface area contributed by atoms with Gasteiger partial charge in [0.2, 0.25) is 0 Å². The summed E-state index contributed by atoms with van der Waals surface area (Å²) in [4.78, 5) is 42.3. The van der Waals surface area contributed by atoms with E-state index in [1.165, 1.54) is 12.4 Å². The van der Waals surface area contributed by atoms with Crippen LogP contribution in [0.2, 0.25) is 0 Å². The number of aromatic nitrogens is 5. The molecule has 0 radical (unpaired) electrons. The first-order chi connectivity index (χ1) is 12.9. The minimum Gasteiger partial charge on any atom is -0.427 e. The van der Waals surface area contributed by atoms with E-state index in [0.717, 1.165) is 4.85 Å². The van der Waals surface area contributed by atoms with Gasteiger partial charge in [0, 0.05) is 17.2 Å². The Morgan fingerprint density at radius 3 is 2.46 bits per heavy atom. The molecule has 0 atom stereocenters. The van der Waals surface area contributed by atoms with E-state index in [2.05, 4.69) is 20.1 Å². The molecule has 0 aromatic carbocycles. The number of fused-ring (bicyclic) bond motifs is 1. The van der Waals surface area contributed by atoms with Crippen LogP contribution in [0.25, 0.3) is 22.4 Å². The Morgan fingerprint density at radius 2 is 1.82 bits per heavy atom. The highest BCUT2D eigenvalue weighted by atomic mass is 16.8. The SMILES string of the molecule is CC(C)(C)OC(=O)On1cc(-c2cnc3[nH]cc(C(=O)C(C)(C)C)c3n2)cn1. The molecule has 28 heavy (non-hydrogen) atoms. The van der Waals surface area contributed by atoms with Gasteiger partial charge in [0.1, 0.15) is 11.1 Å². The molecule has 9 nitrogen and oxygen atoms in total. The molecule has 3 aromatic rings. The van der Waals surface area contributed by atoms with E-state index in [-0.39, 0.29) is 5.78 Å². The van der Waals surface area contributed by atoms with Gasteiger partial charge in [-0.1, -0.05) is 25.6 Å². The van der Waals surface area contributed by atoms with Gasteiger partial charge in [-0.3, -0.25) is 9.63 Å². The first kappa shape index (κ1) is 19.5. The van der Waals surface area contributed by atoms with E-state index in [0.29, 0.717) is 28.0 Å². The van der Waals surface area contributed by atoms with Gasteiger partial charge >= 0.3 is 6.16 Å². The second-order valence-electron chi connectivity index (χ2n) is 8.42. The van der Waals surface area contributed by atoms with Crippen molar-refractivity contribution in [3.8, 4) is 11.3 Å². The molecule has 0 bridgehead atoms. The summed E-state index contributed by atoms with van der Waals surface area (Å²) in [5.74, 6) is -0.0332. The molecule has 0 fully saturated rings. The average molecular weight is 385 g/mol. The summed E-state index contributed by atoms with van der Waals surface area (Å²) in [5.41, 5.74) is 1.34. The molecule has 1 N–H and O–H groups in total. The number of H-pyrrole nitrogens is 1. The Kier molecular flexibility index (Phi) is 4.70. The lowest BCUT2D eigenvalue weighted by Gasteiger charge is -2.17. The summed E-state index contributed by atoms with van der Waals surface area (Å²) in [6.07, 6.45) is 5.28. The molecule has 9 heteroatoms. The van der Waals surface area contributed by atoms with Crippen molar-refractivity contribution in [2.24, 2.45) is 5.41 Å². The zero-order valence-corrected chi connectivity index (χ0v) is 16.7. The van der Waals surface area contributed by atoms with Crippen molar-refractivity contribution in [3.63, 3.8) is 0 Å². The van der Waals surface area contributed by atoms with Crippen LogP contribution in [-0.2, 0) is 4.74 Å². The zero-order chi connectivity index (χ0) is 20.7. The number of ketones is 1. The third-order valence-electron chi connectivity index (χ3n) is 3.72. The summed E-state index contributed by atoms with van der Waals surface area (Å²) in [5, 5.41) is 3.98. The Hall–Kier alpha value is -3.23. The first-order valence-corrected chi connectivity index (χ1v) is 8.79. The first-order valence-electron chi connectivity index (χ1n) is 8.79. The Labute approximate surface area is 162 Å². The Morgan fingerprint density at radius 1 is 1.11 bits per heavy atom. The van der Waals surface area contributed by atoms with Crippen LogP contribution in [-0.4, -0.2) is 42.4 Å². The molecule has 148 valence electrons. The van der Waals surface area contributed by atoms with Crippen molar-refractivity contribution in [1.29, 1.82) is 0 Å². The van der Waals surface area contributed by atoms with Crippen LogP contribution in [0.5, 0.6) is 0 Å². The van der Waals surface area contributed by atoms with Crippen LogP contribution < -0.4 is 4.84 Å². The molecule has 3 aromatic heterocycles. The molecule has 0 unspecified atom stereocenters. The lowest BCUT2D eigenvalue weighted by atomic mass is 9.87. The third kappa shape index (κ3) is 4.19. The van der Waals surface area contributed by atoms with Gasteiger partial charge in [0.25, 0.3) is 0 Å². The summed E-state index contributed by atoms with van der Waals surface area (Å²) in [6, 6.07) is 0. The van der Waals surface area contributed by atoms with Gasteiger partial charge in [0.15, 0.2) is 11.4 Å². The molecule has 0 amide bonds. The van der Waals surface area contributed by atoms with Crippen molar-refractivity contribution >= 4 is 23.1 Å². The number of carbonyl (C=O) groups excluding carboxylic acids is 2. The van der Waals surface area contributed by atoms with Crippen LogP contribution in [0.3, 0.4) is 0 Å². The summed E-state index contributed by atoms with van der Waals surface area (Å²) < 4.78 is 5.09. The molecule has 3 heterocycles. The molecule has 0 aliphatic carbocycles. The van der Waals surface area contributed by atoms with Crippen molar-refractivity contribution in [3.05, 3.63) is 30.4 Å². The fourth-order valence-corrected chi connectivity index (χ4v) is 2.44. The van der Waals surface area contributed by atoms with Crippen LogP contribution >= 0.6 is 0 Å². The van der Waals surface area contributed by atoms with E-state index in [1.807, 2.05) is 20.8 Å². The Bertz CT molecular complexity index is 1040. The zero-order valence-electron chi connectivity index (χ0n) is 16.7. The van der Waals surface area contributed by atoms with E-state index in [9.17, 15) is 9.59 Å².